The van der Waals surface area contributed by atoms with Gasteiger partial charge in [-0.15, -0.1) is 23.1 Å². The molecule has 126 valence electrons. The van der Waals surface area contributed by atoms with E-state index in [1.165, 1.54) is 22.3 Å². The number of nitrogens with zero attached hydrogens (tertiary/aromatic N) is 1. The van der Waals surface area contributed by atoms with Crippen LogP contribution >= 0.6 is 34.7 Å². The molecule has 6 heteroatoms. The largest absolute Gasteiger partial charge is 0.308 e. The van der Waals surface area contributed by atoms with Crippen molar-refractivity contribution in [1.29, 1.82) is 0 Å². The van der Waals surface area contributed by atoms with Crippen molar-refractivity contribution in [2.75, 3.05) is 11.9 Å². The molecular weight excluding hydrogens is 377 g/mol. The second-order valence-electron chi connectivity index (χ2n) is 5.71. The number of thioether (sulfide) groups is 1. The maximum absolute atomic E-state index is 14.0. The fourth-order valence-corrected chi connectivity index (χ4v) is 5.49. The third kappa shape index (κ3) is 2.97. The molecule has 2 nitrogen and oxygen atoms in total. The normalized spacial score (nSPS) is 12.4. The molecule has 1 aromatic heterocycles. The van der Waals surface area contributed by atoms with Crippen molar-refractivity contribution >= 4 is 46.3 Å². The summed E-state index contributed by atoms with van der Waals surface area (Å²) in [7, 11) is 1.60. The molecule has 4 rings (SSSR count). The standard InChI is InChI=1S/C19H13ClFNOS2/c1-22(15-5-3-2-4-14(15)21)19(23)17-8-11-10-24-16-9-12(20)6-7-13(16)18(11)25-17/h2-9H,10H2,1H3. The summed E-state index contributed by atoms with van der Waals surface area (Å²) in [6.45, 7) is 0. The first kappa shape index (κ1) is 16.6. The van der Waals surface area contributed by atoms with Crippen LogP contribution in [0.5, 0.6) is 0 Å². The lowest BCUT2D eigenvalue weighted by molar-refractivity contribution is 0.0996. The van der Waals surface area contributed by atoms with Gasteiger partial charge in [0.1, 0.15) is 5.82 Å². The van der Waals surface area contributed by atoms with Gasteiger partial charge >= 0.3 is 0 Å². The van der Waals surface area contributed by atoms with E-state index in [9.17, 15) is 9.18 Å². The fourth-order valence-electron chi connectivity index (χ4n) is 2.83. The molecule has 0 bridgehead atoms. The molecular formula is C19H13ClFNOS2. The van der Waals surface area contributed by atoms with Crippen LogP contribution in [0.2, 0.25) is 5.02 Å². The van der Waals surface area contributed by atoms with E-state index in [4.69, 9.17) is 11.6 Å². The Morgan fingerprint density at radius 3 is 2.80 bits per heavy atom. The number of carbonyl (C=O) groups excluding carboxylic acids is 1. The molecule has 0 saturated heterocycles. The lowest BCUT2D eigenvalue weighted by Gasteiger charge is -2.16. The number of hydrogen-bond acceptors (Lipinski definition) is 3. The van der Waals surface area contributed by atoms with Crippen LogP contribution in [0.3, 0.4) is 0 Å². The molecule has 0 radical (unpaired) electrons. The van der Waals surface area contributed by atoms with Gasteiger partial charge in [0.15, 0.2) is 0 Å². The van der Waals surface area contributed by atoms with Crippen molar-refractivity contribution in [3.05, 3.63) is 69.8 Å². The van der Waals surface area contributed by atoms with Crippen molar-refractivity contribution in [1.82, 2.24) is 0 Å². The van der Waals surface area contributed by atoms with Gasteiger partial charge in [0.2, 0.25) is 0 Å². The average Bonchev–Trinajstić information content (AvgIpc) is 3.05. The summed E-state index contributed by atoms with van der Waals surface area (Å²) in [6.07, 6.45) is 0. The monoisotopic (exact) mass is 389 g/mol. The highest BCUT2D eigenvalue weighted by molar-refractivity contribution is 7.98. The molecule has 0 fully saturated rings. The fraction of sp³-hybridized carbons (Fsp3) is 0.105. The van der Waals surface area contributed by atoms with Gasteiger partial charge in [-0.05, 0) is 35.9 Å². The van der Waals surface area contributed by atoms with E-state index in [-0.39, 0.29) is 11.6 Å². The minimum absolute atomic E-state index is 0.204. The highest BCUT2D eigenvalue weighted by atomic mass is 35.5. The number of amides is 1. The number of halogens is 2. The zero-order valence-corrected chi connectivity index (χ0v) is 15.6. The number of carbonyl (C=O) groups is 1. The summed E-state index contributed by atoms with van der Waals surface area (Å²) in [4.78, 5) is 17.0. The van der Waals surface area contributed by atoms with Gasteiger partial charge < -0.3 is 4.90 Å². The molecule has 0 saturated carbocycles. The maximum atomic E-state index is 14.0. The summed E-state index contributed by atoms with van der Waals surface area (Å²) >= 11 is 9.24. The lowest BCUT2D eigenvalue weighted by atomic mass is 10.1. The van der Waals surface area contributed by atoms with E-state index < -0.39 is 5.82 Å². The van der Waals surface area contributed by atoms with Crippen molar-refractivity contribution in [2.45, 2.75) is 10.6 Å². The summed E-state index contributed by atoms with van der Waals surface area (Å²) in [5.74, 6) is 0.191. The topological polar surface area (TPSA) is 20.3 Å². The first-order valence-corrected chi connectivity index (χ1v) is 9.80. The summed E-state index contributed by atoms with van der Waals surface area (Å²) in [5.41, 5.74) is 2.52. The van der Waals surface area contributed by atoms with Crippen molar-refractivity contribution < 1.29 is 9.18 Å². The van der Waals surface area contributed by atoms with Gasteiger partial charge in [-0.3, -0.25) is 4.79 Å². The van der Waals surface area contributed by atoms with Crippen molar-refractivity contribution in [3.8, 4) is 10.4 Å². The van der Waals surface area contributed by atoms with Crippen LogP contribution in [0.1, 0.15) is 15.2 Å². The number of anilines is 1. The Hall–Kier alpha value is -1.82. The number of fused-ring (bicyclic) bond motifs is 3. The molecule has 2 aromatic carbocycles. The number of thiophene rings is 1. The Morgan fingerprint density at radius 2 is 2.00 bits per heavy atom. The van der Waals surface area contributed by atoms with E-state index in [2.05, 4.69) is 0 Å². The Kier molecular flexibility index (Phi) is 4.31. The van der Waals surface area contributed by atoms with Crippen LogP contribution in [0.25, 0.3) is 10.4 Å². The van der Waals surface area contributed by atoms with E-state index >= 15 is 0 Å². The highest BCUT2D eigenvalue weighted by Gasteiger charge is 2.24. The minimum atomic E-state index is -0.407. The molecule has 1 aliphatic heterocycles. The van der Waals surface area contributed by atoms with Crippen molar-refractivity contribution in [2.24, 2.45) is 0 Å². The van der Waals surface area contributed by atoms with Crippen LogP contribution < -0.4 is 4.90 Å². The third-order valence-electron chi connectivity index (χ3n) is 4.11. The molecule has 3 aromatic rings. The Labute approximate surface area is 158 Å². The zero-order valence-electron chi connectivity index (χ0n) is 13.3. The summed E-state index contributed by atoms with van der Waals surface area (Å²) in [5, 5.41) is 0.710. The van der Waals surface area contributed by atoms with Gasteiger partial charge in [0, 0.05) is 33.2 Å². The van der Waals surface area contributed by atoms with Gasteiger partial charge in [0.25, 0.3) is 5.91 Å². The number of hydrogen-bond donors (Lipinski definition) is 0. The predicted octanol–water partition coefficient (Wildman–Crippen LogP) is 6.09. The van der Waals surface area contributed by atoms with Gasteiger partial charge in [-0.1, -0.05) is 29.8 Å². The number of para-hydroxylation sites is 1. The molecule has 0 atom stereocenters. The van der Waals surface area contributed by atoms with E-state index in [1.807, 2.05) is 24.3 Å². The van der Waals surface area contributed by atoms with Crippen LogP contribution in [-0.4, -0.2) is 13.0 Å². The molecule has 0 aliphatic carbocycles. The third-order valence-corrected chi connectivity index (χ3v) is 6.65. The number of rotatable bonds is 2. The molecule has 2 heterocycles. The van der Waals surface area contributed by atoms with Crippen LogP contribution in [0.15, 0.2) is 53.4 Å². The van der Waals surface area contributed by atoms with Crippen molar-refractivity contribution in [3.63, 3.8) is 0 Å². The Balaban J connectivity index is 1.71. The van der Waals surface area contributed by atoms with E-state index in [0.29, 0.717) is 9.90 Å². The molecule has 0 spiro atoms. The second kappa shape index (κ2) is 6.48. The van der Waals surface area contributed by atoms with Gasteiger partial charge in [-0.25, -0.2) is 4.39 Å². The Morgan fingerprint density at radius 1 is 1.20 bits per heavy atom. The van der Waals surface area contributed by atoms with Gasteiger partial charge in [0.05, 0.1) is 10.6 Å². The SMILES string of the molecule is CN(C(=O)c1cc2c(s1)-c1ccc(Cl)cc1SC2)c1ccccc1F. The molecule has 25 heavy (non-hydrogen) atoms. The summed E-state index contributed by atoms with van der Waals surface area (Å²) < 4.78 is 14.0. The molecule has 0 unspecified atom stereocenters. The average molecular weight is 390 g/mol. The molecule has 0 N–H and O–H groups in total. The molecule has 1 aliphatic rings. The van der Waals surface area contributed by atoms with Crippen LogP contribution in [0.4, 0.5) is 10.1 Å². The first-order chi connectivity index (χ1) is 12.0. The highest BCUT2D eigenvalue weighted by Crippen LogP contribution is 2.46. The second-order valence-corrected chi connectivity index (χ2v) is 8.22. The first-order valence-electron chi connectivity index (χ1n) is 7.62. The summed E-state index contributed by atoms with van der Waals surface area (Å²) in [6, 6.07) is 14.0. The lowest BCUT2D eigenvalue weighted by Crippen LogP contribution is -2.26. The smallest absolute Gasteiger partial charge is 0.268 e. The van der Waals surface area contributed by atoms with Crippen LogP contribution in [0, 0.1) is 5.82 Å². The predicted molar refractivity (Wildman–Crippen MR) is 103 cm³/mol. The quantitative estimate of drug-likeness (QED) is 0.528. The molecule has 1 amide bonds. The zero-order chi connectivity index (χ0) is 17.6. The van der Waals surface area contributed by atoms with Crippen LogP contribution in [-0.2, 0) is 5.75 Å². The Bertz CT molecular complexity index is 985. The van der Waals surface area contributed by atoms with Gasteiger partial charge in [-0.2, -0.15) is 0 Å². The minimum Gasteiger partial charge on any atom is -0.308 e. The number of benzene rings is 2. The van der Waals surface area contributed by atoms with E-state index in [0.717, 1.165) is 26.7 Å². The van der Waals surface area contributed by atoms with E-state index in [1.54, 1.807) is 37.0 Å². The maximum Gasteiger partial charge on any atom is 0.268 e.